The lowest BCUT2D eigenvalue weighted by Crippen LogP contribution is -2.24. The molecule has 0 spiro atoms. The molecule has 0 radical (unpaired) electrons. The number of halogens is 1. The van der Waals surface area contributed by atoms with E-state index >= 15 is 0 Å². The molecule has 0 aliphatic carbocycles. The van der Waals surface area contributed by atoms with E-state index in [1.807, 2.05) is 31.2 Å². The zero-order valence-electron chi connectivity index (χ0n) is 11.6. The fourth-order valence-electron chi connectivity index (χ4n) is 1.95. The summed E-state index contributed by atoms with van der Waals surface area (Å²) >= 11 is 0. The summed E-state index contributed by atoms with van der Waals surface area (Å²) in [6, 6.07) is 11.3. The molecule has 2 aromatic rings. The molecule has 4 nitrogen and oxygen atoms in total. The fraction of sp³-hybridized carbons (Fsp3) is 0.200. The molecule has 0 atom stereocenters. The molecule has 0 fully saturated rings. The Morgan fingerprint density at radius 3 is 2.52 bits per heavy atom. The van der Waals surface area contributed by atoms with Crippen molar-refractivity contribution in [1.29, 1.82) is 0 Å². The summed E-state index contributed by atoms with van der Waals surface area (Å²) in [5, 5.41) is 0. The predicted octanol–water partition coefficient (Wildman–Crippen LogP) is 2.07. The van der Waals surface area contributed by atoms with Gasteiger partial charge in [-0.25, -0.2) is 17.5 Å². The predicted molar refractivity (Wildman–Crippen MR) is 79.5 cm³/mol. The van der Waals surface area contributed by atoms with Gasteiger partial charge in [0.15, 0.2) is 0 Å². The third-order valence-electron chi connectivity index (χ3n) is 3.24. The number of benzene rings is 2. The minimum atomic E-state index is -3.90. The Labute approximate surface area is 123 Å². The van der Waals surface area contributed by atoms with Gasteiger partial charge in [-0.05, 0) is 35.7 Å². The molecule has 0 aliphatic rings. The summed E-state index contributed by atoms with van der Waals surface area (Å²) in [6.07, 6.45) is 0. The molecule has 0 heterocycles. The first kappa shape index (κ1) is 15.6. The second-order valence-corrected chi connectivity index (χ2v) is 6.46. The van der Waals surface area contributed by atoms with Crippen molar-refractivity contribution in [1.82, 2.24) is 4.72 Å². The average Bonchev–Trinajstić information content (AvgIpc) is 2.46. The lowest BCUT2D eigenvalue weighted by atomic mass is 10.1. The second kappa shape index (κ2) is 6.34. The van der Waals surface area contributed by atoms with E-state index in [-0.39, 0.29) is 18.0 Å². The molecule has 2 rings (SSSR count). The number of aryl methyl sites for hydroxylation is 1. The molecule has 0 aliphatic heterocycles. The van der Waals surface area contributed by atoms with E-state index in [2.05, 4.69) is 4.72 Å². The fourth-order valence-corrected chi connectivity index (χ4v) is 3.01. The highest BCUT2D eigenvalue weighted by atomic mass is 32.2. The summed E-state index contributed by atoms with van der Waals surface area (Å²) in [5.41, 5.74) is 7.76. The quantitative estimate of drug-likeness (QED) is 0.888. The molecule has 21 heavy (non-hydrogen) atoms. The molecule has 6 heteroatoms. The summed E-state index contributed by atoms with van der Waals surface area (Å²) < 4.78 is 40.6. The van der Waals surface area contributed by atoms with Gasteiger partial charge in [0.2, 0.25) is 10.0 Å². The Morgan fingerprint density at radius 1 is 1.19 bits per heavy atom. The summed E-state index contributed by atoms with van der Waals surface area (Å²) in [4.78, 5) is -0.367. The molecule has 112 valence electrons. The van der Waals surface area contributed by atoms with Crippen LogP contribution in [0.1, 0.15) is 16.7 Å². The Morgan fingerprint density at radius 2 is 1.90 bits per heavy atom. The zero-order chi connectivity index (χ0) is 15.5. The van der Waals surface area contributed by atoms with Crippen molar-refractivity contribution in [3.63, 3.8) is 0 Å². The Kier molecular flexibility index (Phi) is 4.72. The van der Waals surface area contributed by atoms with Gasteiger partial charge in [-0.2, -0.15) is 0 Å². The molecule has 3 N–H and O–H groups in total. The highest BCUT2D eigenvalue weighted by Crippen LogP contribution is 2.17. The van der Waals surface area contributed by atoms with E-state index in [1.54, 1.807) is 0 Å². The van der Waals surface area contributed by atoms with Crippen molar-refractivity contribution in [2.45, 2.75) is 24.9 Å². The van der Waals surface area contributed by atoms with E-state index in [0.717, 1.165) is 17.2 Å². The zero-order valence-corrected chi connectivity index (χ0v) is 12.5. The van der Waals surface area contributed by atoms with Crippen LogP contribution in [0.5, 0.6) is 0 Å². The van der Waals surface area contributed by atoms with Crippen molar-refractivity contribution in [2.24, 2.45) is 5.73 Å². The minimum Gasteiger partial charge on any atom is -0.326 e. The first-order valence-corrected chi connectivity index (χ1v) is 7.95. The van der Waals surface area contributed by atoms with Gasteiger partial charge in [0.05, 0.1) is 0 Å². The van der Waals surface area contributed by atoms with E-state index in [4.69, 9.17) is 5.73 Å². The third-order valence-corrected chi connectivity index (χ3v) is 4.67. The Balaban J connectivity index is 2.21. The maximum atomic E-state index is 13.9. The summed E-state index contributed by atoms with van der Waals surface area (Å²) in [7, 11) is -3.90. The van der Waals surface area contributed by atoms with Crippen molar-refractivity contribution in [3.05, 3.63) is 65.0 Å². The topological polar surface area (TPSA) is 72.2 Å². The maximum Gasteiger partial charge on any atom is 0.243 e. The van der Waals surface area contributed by atoms with Gasteiger partial charge in [0.1, 0.15) is 10.7 Å². The SMILES string of the molecule is Cc1ccccc1CNS(=O)(=O)c1ccc(CN)cc1F. The molecular weight excluding hydrogens is 291 g/mol. The highest BCUT2D eigenvalue weighted by Gasteiger charge is 2.19. The molecule has 0 bridgehead atoms. The van der Waals surface area contributed by atoms with Crippen molar-refractivity contribution >= 4 is 10.0 Å². The van der Waals surface area contributed by atoms with Crippen LogP contribution in [-0.4, -0.2) is 8.42 Å². The molecular formula is C15H17FN2O2S. The smallest absolute Gasteiger partial charge is 0.243 e. The third kappa shape index (κ3) is 3.66. The van der Waals surface area contributed by atoms with Crippen molar-refractivity contribution in [2.75, 3.05) is 0 Å². The van der Waals surface area contributed by atoms with Crippen molar-refractivity contribution < 1.29 is 12.8 Å². The lowest BCUT2D eigenvalue weighted by Gasteiger charge is -2.10. The van der Waals surface area contributed by atoms with Gasteiger partial charge in [-0.15, -0.1) is 0 Å². The first-order chi connectivity index (χ1) is 9.94. The van der Waals surface area contributed by atoms with Crippen molar-refractivity contribution in [3.8, 4) is 0 Å². The normalized spacial score (nSPS) is 11.6. The average molecular weight is 308 g/mol. The van der Waals surface area contributed by atoms with Gasteiger partial charge in [-0.1, -0.05) is 30.3 Å². The van der Waals surface area contributed by atoms with E-state index < -0.39 is 15.8 Å². The van der Waals surface area contributed by atoms with Crippen LogP contribution < -0.4 is 10.5 Å². The molecule has 0 unspecified atom stereocenters. The standard InChI is InChI=1S/C15H17FN2O2S/c1-11-4-2-3-5-13(11)10-18-21(19,20)15-7-6-12(9-17)8-14(15)16/h2-8,18H,9-10,17H2,1H3. The van der Waals surface area contributed by atoms with Crippen LogP contribution in [0.15, 0.2) is 47.4 Å². The van der Waals surface area contributed by atoms with Crippen LogP contribution in [0.3, 0.4) is 0 Å². The Bertz CT molecular complexity index is 745. The number of sulfonamides is 1. The summed E-state index contributed by atoms with van der Waals surface area (Å²) in [6.45, 7) is 2.17. The first-order valence-electron chi connectivity index (χ1n) is 6.46. The largest absolute Gasteiger partial charge is 0.326 e. The lowest BCUT2D eigenvalue weighted by molar-refractivity contribution is 0.556. The van der Waals surface area contributed by atoms with Crippen LogP contribution in [-0.2, 0) is 23.1 Å². The van der Waals surface area contributed by atoms with Crippen LogP contribution in [0.4, 0.5) is 4.39 Å². The number of nitrogens with one attached hydrogen (secondary N) is 1. The Hall–Kier alpha value is -1.76. The van der Waals surface area contributed by atoms with Gasteiger partial charge in [-0.3, -0.25) is 0 Å². The van der Waals surface area contributed by atoms with Gasteiger partial charge < -0.3 is 5.73 Å². The van der Waals surface area contributed by atoms with Crippen LogP contribution in [0, 0.1) is 12.7 Å². The van der Waals surface area contributed by atoms with E-state index in [1.165, 1.54) is 12.1 Å². The molecule has 0 aromatic heterocycles. The summed E-state index contributed by atoms with van der Waals surface area (Å²) in [5.74, 6) is -0.796. The molecule has 2 aromatic carbocycles. The van der Waals surface area contributed by atoms with Gasteiger partial charge in [0, 0.05) is 13.1 Å². The number of hydrogen-bond acceptors (Lipinski definition) is 3. The van der Waals surface area contributed by atoms with Crippen LogP contribution in [0.25, 0.3) is 0 Å². The molecule has 0 saturated heterocycles. The van der Waals surface area contributed by atoms with Crippen LogP contribution >= 0.6 is 0 Å². The number of hydrogen-bond donors (Lipinski definition) is 2. The van der Waals surface area contributed by atoms with E-state index in [9.17, 15) is 12.8 Å². The molecule has 0 amide bonds. The van der Waals surface area contributed by atoms with Gasteiger partial charge >= 0.3 is 0 Å². The monoisotopic (exact) mass is 308 g/mol. The maximum absolute atomic E-state index is 13.9. The van der Waals surface area contributed by atoms with E-state index in [0.29, 0.717) is 5.56 Å². The molecule has 0 saturated carbocycles. The van der Waals surface area contributed by atoms with Crippen LogP contribution in [0.2, 0.25) is 0 Å². The highest BCUT2D eigenvalue weighted by molar-refractivity contribution is 7.89. The van der Waals surface area contributed by atoms with Gasteiger partial charge in [0.25, 0.3) is 0 Å². The second-order valence-electron chi connectivity index (χ2n) is 4.72. The number of rotatable bonds is 5. The minimum absolute atomic E-state index is 0.118. The number of nitrogens with two attached hydrogens (primary N) is 1.